The molecule has 0 saturated carbocycles. The van der Waals surface area contributed by atoms with Crippen LogP contribution in [0.5, 0.6) is 11.7 Å². The molecule has 2 aromatic rings. The lowest BCUT2D eigenvalue weighted by Gasteiger charge is -2.14. The Hall–Kier alpha value is -2.56. The Balaban J connectivity index is 2.08. The third-order valence-electron chi connectivity index (χ3n) is 2.86. The fourth-order valence-corrected chi connectivity index (χ4v) is 2.21. The zero-order chi connectivity index (χ0) is 16.8. The van der Waals surface area contributed by atoms with Gasteiger partial charge in [0.05, 0.1) is 0 Å². The Morgan fingerprint density at radius 2 is 2.13 bits per heavy atom. The number of benzene rings is 1. The number of nitrogens with two attached hydrogens (primary N) is 1. The molecule has 0 aliphatic heterocycles. The molecule has 0 aliphatic rings. The minimum atomic E-state index is -0.969. The molecule has 120 valence electrons. The summed E-state index contributed by atoms with van der Waals surface area (Å²) in [6.07, 6.45) is 1.96. The smallest absolute Gasteiger partial charge is 0.339 e. The summed E-state index contributed by atoms with van der Waals surface area (Å²) in [6.45, 7) is 1.53. The molecule has 0 aliphatic carbocycles. The second kappa shape index (κ2) is 7.63. The van der Waals surface area contributed by atoms with E-state index in [1.165, 1.54) is 6.92 Å². The molecule has 1 atom stereocenters. The minimum absolute atomic E-state index is 0.305. The van der Waals surface area contributed by atoms with E-state index in [0.717, 1.165) is 4.90 Å². The molecule has 6 nitrogen and oxygen atoms in total. The number of amides is 2. The molecule has 1 unspecified atom stereocenters. The summed E-state index contributed by atoms with van der Waals surface area (Å²) in [5.74, 6) is 6.71. The topological polar surface area (TPSA) is 88.9 Å². The van der Waals surface area contributed by atoms with Gasteiger partial charge in [0.1, 0.15) is 11.8 Å². The molecule has 1 aromatic carbocycles. The van der Waals surface area contributed by atoms with E-state index in [-0.39, 0.29) is 0 Å². The molecule has 0 spiro atoms. The van der Waals surface area contributed by atoms with Crippen molar-refractivity contribution in [1.29, 1.82) is 0 Å². The lowest BCUT2D eigenvalue weighted by atomic mass is 10.3. The van der Waals surface area contributed by atoms with Crippen LogP contribution in [0.1, 0.15) is 12.7 Å². The normalized spacial score (nSPS) is 11.3. The van der Waals surface area contributed by atoms with Crippen LogP contribution in [-0.2, 0) is 0 Å². The van der Waals surface area contributed by atoms with Crippen molar-refractivity contribution in [3.63, 3.8) is 0 Å². The van der Waals surface area contributed by atoms with Gasteiger partial charge in [-0.1, -0.05) is 18.1 Å². The number of rotatable bonds is 4. The molecule has 0 bridgehead atoms. The van der Waals surface area contributed by atoms with Crippen LogP contribution in [0.2, 0.25) is 0 Å². The van der Waals surface area contributed by atoms with Gasteiger partial charge in [-0.05, 0) is 37.3 Å². The van der Waals surface area contributed by atoms with Gasteiger partial charge in [0.25, 0.3) is 5.95 Å². The zero-order valence-corrected chi connectivity index (χ0v) is 13.5. The highest BCUT2D eigenvalue weighted by atomic mass is 32.2. The van der Waals surface area contributed by atoms with Crippen molar-refractivity contribution in [3.8, 4) is 23.5 Å². The molecule has 2 rings (SSSR count). The molecule has 23 heavy (non-hydrogen) atoms. The molecule has 0 fully saturated rings. The standard InChI is InChI=1S/C16H16N2O4S/c1-11(18(20)16(17)19)7-8-12-9-10-15(21-12)22-13-5-3-4-6-14(13)23-2/h3-6,9-11,20H,1-2H3,(H2,17,19). The molecule has 1 aromatic heterocycles. The van der Waals surface area contributed by atoms with Crippen LogP contribution >= 0.6 is 11.8 Å². The minimum Gasteiger partial charge on any atom is -0.425 e. The summed E-state index contributed by atoms with van der Waals surface area (Å²) in [6, 6.07) is 9.17. The van der Waals surface area contributed by atoms with Gasteiger partial charge in [0.2, 0.25) is 0 Å². The van der Waals surface area contributed by atoms with Gasteiger partial charge in [-0.3, -0.25) is 5.21 Å². The number of para-hydroxylation sites is 1. The third kappa shape index (κ3) is 4.45. The lowest BCUT2D eigenvalue weighted by Crippen LogP contribution is -2.38. The van der Waals surface area contributed by atoms with E-state index in [1.54, 1.807) is 23.9 Å². The highest BCUT2D eigenvalue weighted by molar-refractivity contribution is 7.98. The van der Waals surface area contributed by atoms with E-state index in [2.05, 4.69) is 11.8 Å². The van der Waals surface area contributed by atoms with Crippen molar-refractivity contribution < 1.29 is 19.2 Å². The molecule has 7 heteroatoms. The fourth-order valence-electron chi connectivity index (χ4n) is 1.68. The van der Waals surface area contributed by atoms with Gasteiger partial charge >= 0.3 is 6.03 Å². The summed E-state index contributed by atoms with van der Waals surface area (Å²) in [7, 11) is 0. The Morgan fingerprint density at radius 1 is 1.39 bits per heavy atom. The predicted octanol–water partition coefficient (Wildman–Crippen LogP) is 3.30. The van der Waals surface area contributed by atoms with Gasteiger partial charge in [-0.25, -0.2) is 4.79 Å². The average Bonchev–Trinajstić information content (AvgIpc) is 2.99. The van der Waals surface area contributed by atoms with E-state index in [4.69, 9.17) is 14.9 Å². The van der Waals surface area contributed by atoms with Crippen LogP contribution in [0.4, 0.5) is 4.79 Å². The summed E-state index contributed by atoms with van der Waals surface area (Å²) in [5, 5.41) is 9.68. The number of primary amides is 1. The first kappa shape index (κ1) is 16.8. The quantitative estimate of drug-likeness (QED) is 0.388. The molecular weight excluding hydrogens is 316 g/mol. The highest BCUT2D eigenvalue weighted by Crippen LogP contribution is 2.31. The third-order valence-corrected chi connectivity index (χ3v) is 3.63. The number of ether oxygens (including phenoxy) is 1. The van der Waals surface area contributed by atoms with Crippen LogP contribution in [0.15, 0.2) is 45.7 Å². The van der Waals surface area contributed by atoms with Crippen molar-refractivity contribution in [2.75, 3.05) is 6.26 Å². The number of hydrogen-bond donors (Lipinski definition) is 2. The fraction of sp³-hybridized carbons (Fsp3) is 0.188. The van der Waals surface area contributed by atoms with Crippen molar-refractivity contribution in [2.45, 2.75) is 17.9 Å². The Morgan fingerprint density at radius 3 is 2.83 bits per heavy atom. The SMILES string of the molecule is CSc1ccccc1Oc1ccc(C#CC(C)N(O)C(N)=O)o1. The van der Waals surface area contributed by atoms with Crippen molar-refractivity contribution in [1.82, 2.24) is 5.06 Å². The number of urea groups is 1. The first-order chi connectivity index (χ1) is 11.0. The maximum Gasteiger partial charge on any atom is 0.339 e. The number of carbonyl (C=O) groups excluding carboxylic acids is 1. The van der Waals surface area contributed by atoms with Crippen LogP contribution in [0.25, 0.3) is 0 Å². The summed E-state index contributed by atoms with van der Waals surface area (Å²) in [4.78, 5) is 11.8. The summed E-state index contributed by atoms with van der Waals surface area (Å²) >= 11 is 1.57. The number of thioether (sulfide) groups is 1. The van der Waals surface area contributed by atoms with Crippen molar-refractivity contribution in [3.05, 3.63) is 42.2 Å². The monoisotopic (exact) mass is 332 g/mol. The lowest BCUT2D eigenvalue weighted by molar-refractivity contribution is -0.0536. The number of hydrogen-bond acceptors (Lipinski definition) is 5. The van der Waals surface area contributed by atoms with Crippen molar-refractivity contribution in [2.24, 2.45) is 5.73 Å². The summed E-state index contributed by atoms with van der Waals surface area (Å²) < 4.78 is 11.1. The van der Waals surface area contributed by atoms with Gasteiger partial charge in [-0.15, -0.1) is 11.8 Å². The van der Waals surface area contributed by atoms with Crippen LogP contribution < -0.4 is 10.5 Å². The largest absolute Gasteiger partial charge is 0.425 e. The van der Waals surface area contributed by atoms with E-state index >= 15 is 0 Å². The molecule has 3 N–H and O–H groups in total. The van der Waals surface area contributed by atoms with Crippen molar-refractivity contribution >= 4 is 17.8 Å². The second-order valence-electron chi connectivity index (χ2n) is 4.50. The molecule has 1 heterocycles. The first-order valence-electron chi connectivity index (χ1n) is 6.71. The average molecular weight is 332 g/mol. The van der Waals surface area contributed by atoms with E-state index in [9.17, 15) is 10.0 Å². The number of nitrogens with zero attached hydrogens (tertiary/aromatic N) is 1. The van der Waals surface area contributed by atoms with Crippen LogP contribution in [-0.4, -0.2) is 28.6 Å². The Kier molecular flexibility index (Phi) is 5.57. The van der Waals surface area contributed by atoms with Gasteiger partial charge < -0.3 is 14.9 Å². The Bertz CT molecular complexity index is 748. The maximum atomic E-state index is 10.8. The number of carbonyl (C=O) groups is 1. The summed E-state index contributed by atoms with van der Waals surface area (Å²) in [5.41, 5.74) is 4.95. The van der Waals surface area contributed by atoms with E-state index in [0.29, 0.717) is 22.5 Å². The van der Waals surface area contributed by atoms with E-state index < -0.39 is 12.1 Å². The molecule has 2 amide bonds. The second-order valence-corrected chi connectivity index (χ2v) is 5.35. The molecule has 0 saturated heterocycles. The van der Waals surface area contributed by atoms with Gasteiger partial charge in [0.15, 0.2) is 5.76 Å². The van der Waals surface area contributed by atoms with Crippen LogP contribution in [0, 0.1) is 11.8 Å². The van der Waals surface area contributed by atoms with Crippen LogP contribution in [0.3, 0.4) is 0 Å². The molecular formula is C16H16N2O4S. The Labute approximate surface area is 138 Å². The predicted molar refractivity (Wildman–Crippen MR) is 86.6 cm³/mol. The number of furan rings is 1. The van der Waals surface area contributed by atoms with E-state index in [1.807, 2.05) is 30.5 Å². The first-order valence-corrected chi connectivity index (χ1v) is 7.93. The highest BCUT2D eigenvalue weighted by Gasteiger charge is 2.12. The number of hydroxylamine groups is 2. The maximum absolute atomic E-state index is 10.8. The van der Waals surface area contributed by atoms with Gasteiger partial charge in [-0.2, -0.15) is 5.06 Å². The molecule has 0 radical (unpaired) electrons. The van der Waals surface area contributed by atoms with Gasteiger partial charge in [0, 0.05) is 11.0 Å². The zero-order valence-electron chi connectivity index (χ0n) is 12.6.